The number of nitrogens with two attached hydrogens (primary N) is 1. The zero-order valence-corrected chi connectivity index (χ0v) is 12.1. The highest BCUT2D eigenvalue weighted by atomic mass is 16.5. The molecule has 110 valence electrons. The fourth-order valence-corrected chi connectivity index (χ4v) is 2.70. The molecule has 0 saturated heterocycles. The molecule has 0 aliphatic heterocycles. The fourth-order valence-electron chi connectivity index (χ4n) is 2.70. The van der Waals surface area contributed by atoms with Crippen LogP contribution in [0.5, 0.6) is 5.75 Å². The first-order valence-electron chi connectivity index (χ1n) is 7.33. The third-order valence-electron chi connectivity index (χ3n) is 3.66. The van der Waals surface area contributed by atoms with Crippen LogP contribution in [0.1, 0.15) is 30.9 Å². The minimum Gasteiger partial charge on any atom is -0.492 e. The smallest absolute Gasteiger partial charge is 0.306 e. The van der Waals surface area contributed by atoms with Crippen molar-refractivity contribution in [2.45, 2.75) is 32.6 Å². The molecule has 0 bridgehead atoms. The number of fused-ring (bicyclic) bond motifs is 1. The number of aryl methyl sites for hydroxylation is 1. The lowest BCUT2D eigenvalue weighted by Crippen LogP contribution is -2.19. The molecule has 0 amide bonds. The van der Waals surface area contributed by atoms with Gasteiger partial charge in [0.2, 0.25) is 0 Å². The number of ether oxygens (including phenoxy) is 2. The maximum absolute atomic E-state index is 11.5. The van der Waals surface area contributed by atoms with Crippen molar-refractivity contribution in [2.24, 2.45) is 11.7 Å². The Kier molecular flexibility index (Phi) is 5.41. The van der Waals surface area contributed by atoms with E-state index in [1.807, 2.05) is 13.0 Å². The van der Waals surface area contributed by atoms with Gasteiger partial charge in [-0.3, -0.25) is 4.79 Å². The molecule has 2 N–H and O–H groups in total. The molecular formula is C16H23NO3. The largest absolute Gasteiger partial charge is 0.492 e. The van der Waals surface area contributed by atoms with E-state index in [0.717, 1.165) is 25.0 Å². The van der Waals surface area contributed by atoms with Crippen LogP contribution in [-0.2, 0) is 22.4 Å². The minimum absolute atomic E-state index is 0.0798. The maximum Gasteiger partial charge on any atom is 0.306 e. The van der Waals surface area contributed by atoms with E-state index in [1.54, 1.807) is 0 Å². The van der Waals surface area contributed by atoms with E-state index in [4.69, 9.17) is 15.2 Å². The van der Waals surface area contributed by atoms with Crippen LogP contribution in [0.3, 0.4) is 0 Å². The Morgan fingerprint density at radius 2 is 2.25 bits per heavy atom. The molecule has 4 nitrogen and oxygen atoms in total. The molecule has 1 atom stereocenters. The van der Waals surface area contributed by atoms with Crippen LogP contribution < -0.4 is 10.5 Å². The predicted octanol–water partition coefficient (Wildman–Crippen LogP) is 2.08. The molecule has 0 heterocycles. The van der Waals surface area contributed by atoms with Crippen molar-refractivity contribution in [2.75, 3.05) is 19.8 Å². The number of hydrogen-bond acceptors (Lipinski definition) is 4. The van der Waals surface area contributed by atoms with Crippen LogP contribution in [0.15, 0.2) is 18.2 Å². The van der Waals surface area contributed by atoms with E-state index in [9.17, 15) is 4.79 Å². The van der Waals surface area contributed by atoms with Crippen LogP contribution in [0.25, 0.3) is 0 Å². The molecule has 1 unspecified atom stereocenters. The molecule has 20 heavy (non-hydrogen) atoms. The lowest BCUT2D eigenvalue weighted by Gasteiger charge is -2.24. The molecule has 1 aromatic carbocycles. The summed E-state index contributed by atoms with van der Waals surface area (Å²) in [5, 5.41) is 0. The number of hydrogen-bond donors (Lipinski definition) is 1. The molecule has 1 aromatic rings. The Morgan fingerprint density at radius 3 is 3.00 bits per heavy atom. The van der Waals surface area contributed by atoms with Crippen molar-refractivity contribution in [1.29, 1.82) is 0 Å². The summed E-state index contributed by atoms with van der Waals surface area (Å²) in [6.07, 6.45) is 3.51. The summed E-state index contributed by atoms with van der Waals surface area (Å²) in [6, 6.07) is 6.20. The van der Waals surface area contributed by atoms with Crippen molar-refractivity contribution in [3.63, 3.8) is 0 Å². The first-order valence-corrected chi connectivity index (χ1v) is 7.33. The third-order valence-corrected chi connectivity index (χ3v) is 3.66. The molecule has 1 aliphatic rings. The SMILES string of the molecule is CCOC(=O)CC1CCc2cc(OCCN)ccc2C1. The topological polar surface area (TPSA) is 61.5 Å². The van der Waals surface area contributed by atoms with E-state index in [0.29, 0.717) is 32.1 Å². The van der Waals surface area contributed by atoms with Gasteiger partial charge < -0.3 is 15.2 Å². The van der Waals surface area contributed by atoms with Gasteiger partial charge >= 0.3 is 5.97 Å². The average molecular weight is 277 g/mol. The molecule has 0 radical (unpaired) electrons. The summed E-state index contributed by atoms with van der Waals surface area (Å²) in [6.45, 7) is 3.38. The lowest BCUT2D eigenvalue weighted by atomic mass is 9.82. The lowest BCUT2D eigenvalue weighted by molar-refractivity contribution is -0.144. The first-order chi connectivity index (χ1) is 9.72. The van der Waals surface area contributed by atoms with Gasteiger partial charge in [-0.05, 0) is 55.4 Å². The number of carbonyl (C=O) groups is 1. The molecule has 1 aliphatic carbocycles. The number of carbonyl (C=O) groups excluding carboxylic acids is 1. The Hall–Kier alpha value is -1.55. The summed E-state index contributed by atoms with van der Waals surface area (Å²) in [5.41, 5.74) is 8.09. The van der Waals surface area contributed by atoms with Crippen LogP contribution in [-0.4, -0.2) is 25.7 Å². The standard InChI is InChI=1S/C16H23NO3/c1-2-19-16(18)10-12-3-4-14-11-15(20-8-7-17)6-5-13(14)9-12/h5-6,11-12H,2-4,7-10,17H2,1H3. The molecule has 4 heteroatoms. The van der Waals surface area contributed by atoms with E-state index >= 15 is 0 Å². The molecule has 0 fully saturated rings. The maximum atomic E-state index is 11.5. The highest BCUT2D eigenvalue weighted by molar-refractivity contribution is 5.69. The van der Waals surface area contributed by atoms with Crippen molar-refractivity contribution < 1.29 is 14.3 Å². The summed E-state index contributed by atoms with van der Waals surface area (Å²) < 4.78 is 10.6. The second-order valence-electron chi connectivity index (χ2n) is 5.19. The molecule has 0 aromatic heterocycles. The fraction of sp³-hybridized carbons (Fsp3) is 0.562. The highest BCUT2D eigenvalue weighted by Gasteiger charge is 2.21. The average Bonchev–Trinajstić information content (AvgIpc) is 2.45. The van der Waals surface area contributed by atoms with Crippen molar-refractivity contribution in [3.05, 3.63) is 29.3 Å². The summed E-state index contributed by atoms with van der Waals surface area (Å²) in [5.74, 6) is 1.21. The van der Waals surface area contributed by atoms with Crippen LogP contribution in [0.4, 0.5) is 0 Å². The van der Waals surface area contributed by atoms with Crippen LogP contribution in [0.2, 0.25) is 0 Å². The second-order valence-corrected chi connectivity index (χ2v) is 5.19. The minimum atomic E-state index is -0.0798. The Morgan fingerprint density at radius 1 is 1.40 bits per heavy atom. The van der Waals surface area contributed by atoms with Gasteiger partial charge in [0.1, 0.15) is 12.4 Å². The highest BCUT2D eigenvalue weighted by Crippen LogP contribution is 2.30. The van der Waals surface area contributed by atoms with Gasteiger partial charge in [0.25, 0.3) is 0 Å². The Bertz CT molecular complexity index is 459. The van der Waals surface area contributed by atoms with E-state index in [-0.39, 0.29) is 5.97 Å². The first kappa shape index (κ1) is 14.9. The summed E-state index contributed by atoms with van der Waals surface area (Å²) in [7, 11) is 0. The summed E-state index contributed by atoms with van der Waals surface area (Å²) in [4.78, 5) is 11.5. The summed E-state index contributed by atoms with van der Waals surface area (Å²) >= 11 is 0. The second kappa shape index (κ2) is 7.29. The van der Waals surface area contributed by atoms with Gasteiger partial charge in [0.05, 0.1) is 6.61 Å². The van der Waals surface area contributed by atoms with E-state index in [1.165, 1.54) is 11.1 Å². The molecule has 0 spiro atoms. The molecular weight excluding hydrogens is 254 g/mol. The van der Waals surface area contributed by atoms with Gasteiger partial charge in [0, 0.05) is 13.0 Å². The van der Waals surface area contributed by atoms with E-state index < -0.39 is 0 Å². The zero-order valence-electron chi connectivity index (χ0n) is 12.1. The Labute approximate surface area is 120 Å². The number of benzene rings is 1. The van der Waals surface area contributed by atoms with E-state index in [2.05, 4.69) is 12.1 Å². The van der Waals surface area contributed by atoms with Gasteiger partial charge in [-0.25, -0.2) is 0 Å². The van der Waals surface area contributed by atoms with Gasteiger partial charge in [0.15, 0.2) is 0 Å². The molecule has 0 saturated carbocycles. The van der Waals surface area contributed by atoms with Gasteiger partial charge in [-0.2, -0.15) is 0 Å². The molecule has 2 rings (SSSR count). The number of esters is 1. The normalized spacial score (nSPS) is 17.4. The monoisotopic (exact) mass is 277 g/mol. The van der Waals surface area contributed by atoms with Gasteiger partial charge in [-0.1, -0.05) is 6.07 Å². The van der Waals surface area contributed by atoms with Crippen molar-refractivity contribution in [3.8, 4) is 5.75 Å². The zero-order chi connectivity index (χ0) is 14.4. The van der Waals surface area contributed by atoms with Crippen molar-refractivity contribution >= 4 is 5.97 Å². The van der Waals surface area contributed by atoms with Crippen LogP contribution >= 0.6 is 0 Å². The predicted molar refractivity (Wildman–Crippen MR) is 77.8 cm³/mol. The number of rotatable bonds is 6. The van der Waals surface area contributed by atoms with Gasteiger partial charge in [-0.15, -0.1) is 0 Å². The van der Waals surface area contributed by atoms with Crippen LogP contribution in [0, 0.1) is 5.92 Å². The third kappa shape index (κ3) is 3.97. The Balaban J connectivity index is 1.95. The quantitative estimate of drug-likeness (QED) is 0.809. The van der Waals surface area contributed by atoms with Crippen molar-refractivity contribution in [1.82, 2.24) is 0 Å².